The maximum absolute atomic E-state index is 5.77. The fourth-order valence-corrected chi connectivity index (χ4v) is 4.04. The van der Waals surface area contributed by atoms with Gasteiger partial charge < -0.3 is 23.7 Å². The van der Waals surface area contributed by atoms with Gasteiger partial charge in [-0.1, -0.05) is 6.07 Å². The minimum atomic E-state index is 0.574. The van der Waals surface area contributed by atoms with Crippen molar-refractivity contribution in [3.8, 4) is 28.7 Å². The Labute approximate surface area is 169 Å². The van der Waals surface area contributed by atoms with Gasteiger partial charge in [0.25, 0.3) is 0 Å². The van der Waals surface area contributed by atoms with Crippen molar-refractivity contribution in [3.05, 3.63) is 36.5 Å². The average Bonchev–Trinajstić information content (AvgIpc) is 2.75. The molecule has 0 aliphatic rings. The van der Waals surface area contributed by atoms with E-state index in [1.165, 1.54) is 0 Å². The van der Waals surface area contributed by atoms with Gasteiger partial charge in [0, 0.05) is 5.39 Å². The summed E-state index contributed by atoms with van der Waals surface area (Å²) in [6, 6.07) is 10.1. The van der Waals surface area contributed by atoms with Crippen molar-refractivity contribution in [2.45, 2.75) is 0 Å². The molecule has 0 amide bonds. The minimum Gasteiger partial charge on any atom is -0.493 e. The molecule has 0 atom stereocenters. The normalized spacial score (nSPS) is 11.1. The van der Waals surface area contributed by atoms with E-state index in [2.05, 4.69) is 22.9 Å². The van der Waals surface area contributed by atoms with Crippen LogP contribution < -0.4 is 28.3 Å². The summed E-state index contributed by atoms with van der Waals surface area (Å²) < 4.78 is 30.0. The zero-order valence-corrected chi connectivity index (χ0v) is 17.5. The summed E-state index contributed by atoms with van der Waals surface area (Å²) >= 11 is 0. The number of aromatic nitrogens is 1. The van der Waals surface area contributed by atoms with Crippen LogP contribution in [0.1, 0.15) is 0 Å². The van der Waals surface area contributed by atoms with Crippen LogP contribution >= 0.6 is 0 Å². The largest absolute Gasteiger partial charge is 0.493 e. The molecule has 1 aromatic heterocycles. The van der Waals surface area contributed by atoms with E-state index in [-0.39, 0.29) is 0 Å². The molecule has 29 heavy (non-hydrogen) atoms. The van der Waals surface area contributed by atoms with Crippen LogP contribution in [0.15, 0.2) is 36.5 Å². The van der Waals surface area contributed by atoms with Gasteiger partial charge >= 0.3 is 0 Å². The molecule has 0 fully saturated rings. The first-order valence-corrected chi connectivity index (χ1v) is 9.17. The van der Waals surface area contributed by atoms with Crippen molar-refractivity contribution in [2.24, 2.45) is 7.05 Å². The van der Waals surface area contributed by atoms with Gasteiger partial charge in [-0.15, -0.1) is 0 Å². The average molecular weight is 394 g/mol. The zero-order chi connectivity index (χ0) is 20.7. The van der Waals surface area contributed by atoms with Crippen molar-refractivity contribution in [1.82, 2.24) is 0 Å². The van der Waals surface area contributed by atoms with E-state index < -0.39 is 0 Å². The number of hydrogen-bond acceptors (Lipinski definition) is 5. The summed E-state index contributed by atoms with van der Waals surface area (Å²) in [5.74, 6) is 3.24. The van der Waals surface area contributed by atoms with Gasteiger partial charge in [0.15, 0.2) is 29.2 Å². The molecule has 0 aliphatic carbocycles. The van der Waals surface area contributed by atoms with Gasteiger partial charge in [-0.3, -0.25) is 0 Å². The molecule has 1 heterocycles. The summed E-state index contributed by atoms with van der Waals surface area (Å²) in [5, 5.41) is 5.12. The first kappa shape index (κ1) is 18.9. The number of pyridine rings is 1. The Morgan fingerprint density at radius 1 is 0.621 bits per heavy atom. The van der Waals surface area contributed by atoms with Crippen LogP contribution in [0.2, 0.25) is 0 Å². The summed E-state index contributed by atoms with van der Waals surface area (Å²) in [7, 11) is 10.2. The highest BCUT2D eigenvalue weighted by molar-refractivity contribution is 6.16. The smallest absolute Gasteiger partial charge is 0.221 e. The molecular formula is C23H24NO5+. The predicted molar refractivity (Wildman–Crippen MR) is 113 cm³/mol. The van der Waals surface area contributed by atoms with Crippen molar-refractivity contribution in [3.63, 3.8) is 0 Å². The Morgan fingerprint density at radius 2 is 1.24 bits per heavy atom. The molecule has 0 spiro atoms. The van der Waals surface area contributed by atoms with E-state index in [0.717, 1.165) is 32.4 Å². The Hall–Kier alpha value is -3.41. The maximum Gasteiger partial charge on any atom is 0.221 e. The molecule has 0 N–H and O–H groups in total. The van der Waals surface area contributed by atoms with E-state index in [0.29, 0.717) is 28.7 Å². The monoisotopic (exact) mass is 394 g/mol. The second-order valence-corrected chi connectivity index (χ2v) is 6.74. The SMILES string of the molecule is COc1cc2ccc3c4c(OC)c(OC)c(OC)cc4c[n+](C)c3c2cc1OC. The lowest BCUT2D eigenvalue weighted by Gasteiger charge is -2.16. The van der Waals surface area contributed by atoms with E-state index in [1.807, 2.05) is 25.2 Å². The first-order valence-electron chi connectivity index (χ1n) is 9.17. The summed E-state index contributed by atoms with van der Waals surface area (Å²) in [6.45, 7) is 0. The topological polar surface area (TPSA) is 50.0 Å². The third-order valence-corrected chi connectivity index (χ3v) is 5.31. The van der Waals surface area contributed by atoms with E-state index >= 15 is 0 Å². The third-order valence-electron chi connectivity index (χ3n) is 5.31. The quantitative estimate of drug-likeness (QED) is 0.378. The maximum atomic E-state index is 5.77. The lowest BCUT2D eigenvalue weighted by Crippen LogP contribution is -2.28. The predicted octanol–water partition coefficient (Wildman–Crippen LogP) is 4.01. The molecule has 3 aromatic carbocycles. The molecule has 0 bridgehead atoms. The van der Waals surface area contributed by atoms with Crippen LogP contribution in [0.5, 0.6) is 28.7 Å². The number of ether oxygens (including phenoxy) is 5. The minimum absolute atomic E-state index is 0.574. The molecule has 0 saturated carbocycles. The van der Waals surface area contributed by atoms with E-state index in [9.17, 15) is 0 Å². The van der Waals surface area contributed by atoms with E-state index in [1.54, 1.807) is 35.5 Å². The van der Waals surface area contributed by atoms with Crippen molar-refractivity contribution < 1.29 is 28.3 Å². The van der Waals surface area contributed by atoms with Gasteiger partial charge in [-0.25, -0.2) is 0 Å². The van der Waals surface area contributed by atoms with Crippen LogP contribution in [0, 0.1) is 0 Å². The molecule has 150 valence electrons. The summed E-state index contributed by atoms with van der Waals surface area (Å²) in [6.07, 6.45) is 2.07. The highest BCUT2D eigenvalue weighted by Crippen LogP contribution is 2.46. The van der Waals surface area contributed by atoms with Crippen LogP contribution in [0.25, 0.3) is 32.4 Å². The summed E-state index contributed by atoms with van der Waals surface area (Å²) in [4.78, 5) is 0. The van der Waals surface area contributed by atoms with Crippen LogP contribution in [-0.2, 0) is 7.05 Å². The molecule has 4 aromatic rings. The molecule has 6 heteroatoms. The lowest BCUT2D eigenvalue weighted by molar-refractivity contribution is -0.642. The van der Waals surface area contributed by atoms with Crippen molar-refractivity contribution in [2.75, 3.05) is 35.5 Å². The van der Waals surface area contributed by atoms with E-state index in [4.69, 9.17) is 23.7 Å². The van der Waals surface area contributed by atoms with Crippen molar-refractivity contribution in [1.29, 1.82) is 0 Å². The number of benzene rings is 3. The van der Waals surface area contributed by atoms with Gasteiger partial charge in [0.1, 0.15) is 7.05 Å². The second kappa shape index (κ2) is 7.20. The molecule has 6 nitrogen and oxygen atoms in total. The lowest BCUT2D eigenvalue weighted by atomic mass is 9.99. The standard InChI is InChI=1S/C23H24NO5/c1-24-12-14-10-19(27-4)22(28-5)23(29-6)20(14)15-8-7-13-9-17(25-2)18(26-3)11-16(13)21(15)24/h7-12H,1-6H3/q+1. The van der Waals surface area contributed by atoms with Gasteiger partial charge in [0.2, 0.25) is 11.3 Å². The molecule has 0 unspecified atom stereocenters. The van der Waals surface area contributed by atoms with Crippen molar-refractivity contribution >= 4 is 32.4 Å². The van der Waals surface area contributed by atoms with Crippen LogP contribution in [0.3, 0.4) is 0 Å². The number of fused-ring (bicyclic) bond motifs is 5. The molecule has 4 rings (SSSR count). The number of aryl methyl sites for hydroxylation is 1. The fraction of sp³-hybridized carbons (Fsp3) is 0.261. The highest BCUT2D eigenvalue weighted by atomic mass is 16.5. The van der Waals surface area contributed by atoms with Gasteiger partial charge in [-0.05, 0) is 29.7 Å². The zero-order valence-electron chi connectivity index (χ0n) is 17.5. The van der Waals surface area contributed by atoms with Gasteiger partial charge in [0.05, 0.1) is 51.7 Å². The molecule has 0 aliphatic heterocycles. The fourth-order valence-electron chi connectivity index (χ4n) is 4.04. The summed E-state index contributed by atoms with van der Waals surface area (Å²) in [5.41, 5.74) is 1.06. The molecular weight excluding hydrogens is 370 g/mol. The molecule has 0 saturated heterocycles. The number of nitrogens with zero attached hydrogens (tertiary/aromatic N) is 1. The Balaban J connectivity index is 2.22. The Kier molecular flexibility index (Phi) is 4.70. The number of hydrogen-bond donors (Lipinski definition) is 0. The molecule has 0 radical (unpaired) electrons. The first-order chi connectivity index (χ1) is 14.1. The van der Waals surface area contributed by atoms with Crippen LogP contribution in [-0.4, -0.2) is 35.5 Å². The second-order valence-electron chi connectivity index (χ2n) is 6.74. The third kappa shape index (κ3) is 2.75. The Morgan fingerprint density at radius 3 is 1.86 bits per heavy atom. The van der Waals surface area contributed by atoms with Crippen LogP contribution in [0.4, 0.5) is 0 Å². The highest BCUT2D eigenvalue weighted by Gasteiger charge is 2.23. The van der Waals surface area contributed by atoms with Gasteiger partial charge in [-0.2, -0.15) is 4.57 Å². The Bertz CT molecular complexity index is 1250. The number of rotatable bonds is 5. The number of methoxy groups -OCH3 is 5.